The zero-order chi connectivity index (χ0) is 20.2. The highest BCUT2D eigenvalue weighted by molar-refractivity contribution is 6.00. The van der Waals surface area contributed by atoms with Gasteiger partial charge in [-0.25, -0.2) is 4.39 Å². The van der Waals surface area contributed by atoms with E-state index in [2.05, 4.69) is 20.5 Å². The van der Waals surface area contributed by atoms with Gasteiger partial charge in [-0.05, 0) is 42.3 Å². The summed E-state index contributed by atoms with van der Waals surface area (Å²) in [5.74, 6) is -0.682. The van der Waals surface area contributed by atoms with Crippen molar-refractivity contribution in [3.63, 3.8) is 0 Å². The summed E-state index contributed by atoms with van der Waals surface area (Å²) in [6, 6.07) is 17.4. The Kier molecular flexibility index (Phi) is 5.16. The minimum Gasteiger partial charge on any atom is -0.341 e. The third kappa shape index (κ3) is 4.06. The molecule has 0 fully saturated rings. The fourth-order valence-electron chi connectivity index (χ4n) is 3.21. The predicted octanol–water partition coefficient (Wildman–Crippen LogP) is 4.44. The number of benzene rings is 2. The average Bonchev–Trinajstić information content (AvgIpc) is 3.23. The molecule has 0 spiro atoms. The average molecular weight is 386 g/mol. The number of hydrogen-bond donors (Lipinski definition) is 2. The maximum Gasteiger partial charge on any atom is 0.255 e. The van der Waals surface area contributed by atoms with Crippen LogP contribution in [0.3, 0.4) is 0 Å². The molecular formula is C23H19FN4O. The van der Waals surface area contributed by atoms with Gasteiger partial charge in [-0.3, -0.25) is 14.9 Å². The van der Waals surface area contributed by atoms with E-state index in [1.165, 1.54) is 18.3 Å². The molecule has 0 aliphatic heterocycles. The summed E-state index contributed by atoms with van der Waals surface area (Å²) in [6.07, 6.45) is 4.84. The lowest BCUT2D eigenvalue weighted by Gasteiger charge is -2.20. The van der Waals surface area contributed by atoms with Gasteiger partial charge < -0.3 is 5.32 Å². The Labute approximate surface area is 167 Å². The van der Waals surface area contributed by atoms with Crippen molar-refractivity contribution in [1.82, 2.24) is 20.5 Å². The van der Waals surface area contributed by atoms with E-state index in [4.69, 9.17) is 0 Å². The first-order valence-corrected chi connectivity index (χ1v) is 9.18. The van der Waals surface area contributed by atoms with Crippen LogP contribution >= 0.6 is 0 Å². The fraction of sp³-hybridized carbons (Fsp3) is 0.0870. The van der Waals surface area contributed by atoms with Gasteiger partial charge in [0.05, 0.1) is 23.5 Å². The molecule has 0 aliphatic rings. The molecule has 29 heavy (non-hydrogen) atoms. The van der Waals surface area contributed by atoms with Gasteiger partial charge in [-0.2, -0.15) is 5.10 Å². The minimum atomic E-state index is -0.377. The molecule has 0 unspecified atom stereocenters. The van der Waals surface area contributed by atoms with Crippen LogP contribution in [0.25, 0.3) is 11.3 Å². The SMILES string of the molecule is Cc1ccc([C@H](NC(=O)c2cn[nH]c2-c2cccc(F)c2)c2ccncc2)cc1. The summed E-state index contributed by atoms with van der Waals surface area (Å²) in [5.41, 5.74) is 4.38. The highest BCUT2D eigenvalue weighted by Gasteiger charge is 2.21. The molecule has 0 saturated heterocycles. The maximum atomic E-state index is 13.6. The first-order valence-electron chi connectivity index (χ1n) is 9.18. The largest absolute Gasteiger partial charge is 0.341 e. The van der Waals surface area contributed by atoms with Crippen molar-refractivity contribution in [3.8, 4) is 11.3 Å². The molecule has 0 radical (unpaired) electrons. The summed E-state index contributed by atoms with van der Waals surface area (Å²) < 4.78 is 13.6. The Morgan fingerprint density at radius 1 is 1.03 bits per heavy atom. The van der Waals surface area contributed by atoms with Crippen LogP contribution in [0.15, 0.2) is 79.3 Å². The third-order valence-corrected chi connectivity index (χ3v) is 4.72. The normalized spacial score (nSPS) is 11.8. The number of pyridine rings is 1. The Morgan fingerprint density at radius 2 is 1.76 bits per heavy atom. The van der Waals surface area contributed by atoms with Gasteiger partial charge >= 0.3 is 0 Å². The monoisotopic (exact) mass is 386 g/mol. The van der Waals surface area contributed by atoms with E-state index < -0.39 is 0 Å². The molecule has 4 rings (SSSR count). The van der Waals surface area contributed by atoms with Crippen LogP contribution in [0.2, 0.25) is 0 Å². The van der Waals surface area contributed by atoms with Crippen molar-refractivity contribution in [2.45, 2.75) is 13.0 Å². The van der Waals surface area contributed by atoms with E-state index in [-0.39, 0.29) is 17.8 Å². The van der Waals surface area contributed by atoms with Crippen LogP contribution in [0.1, 0.15) is 33.1 Å². The Morgan fingerprint density at radius 3 is 2.48 bits per heavy atom. The van der Waals surface area contributed by atoms with E-state index in [9.17, 15) is 9.18 Å². The molecule has 144 valence electrons. The van der Waals surface area contributed by atoms with Gasteiger partial charge in [-0.1, -0.05) is 42.0 Å². The van der Waals surface area contributed by atoms with E-state index in [1.54, 1.807) is 24.5 Å². The molecule has 0 bridgehead atoms. The Balaban J connectivity index is 1.68. The van der Waals surface area contributed by atoms with E-state index >= 15 is 0 Å². The lowest BCUT2D eigenvalue weighted by atomic mass is 9.98. The van der Waals surface area contributed by atoms with Crippen molar-refractivity contribution in [1.29, 1.82) is 0 Å². The van der Waals surface area contributed by atoms with Crippen molar-refractivity contribution in [2.75, 3.05) is 0 Å². The molecule has 2 aromatic heterocycles. The van der Waals surface area contributed by atoms with Crippen molar-refractivity contribution < 1.29 is 9.18 Å². The molecule has 5 nitrogen and oxygen atoms in total. The maximum absolute atomic E-state index is 13.6. The predicted molar refractivity (Wildman–Crippen MR) is 109 cm³/mol. The van der Waals surface area contributed by atoms with Crippen molar-refractivity contribution in [2.24, 2.45) is 0 Å². The molecule has 2 aromatic carbocycles. The highest BCUT2D eigenvalue weighted by Crippen LogP contribution is 2.25. The molecular weight excluding hydrogens is 367 g/mol. The lowest BCUT2D eigenvalue weighted by molar-refractivity contribution is 0.0943. The fourth-order valence-corrected chi connectivity index (χ4v) is 3.21. The zero-order valence-corrected chi connectivity index (χ0v) is 15.8. The number of aryl methyl sites for hydroxylation is 1. The van der Waals surface area contributed by atoms with Gasteiger partial charge in [0.2, 0.25) is 0 Å². The number of nitrogens with one attached hydrogen (secondary N) is 2. The van der Waals surface area contributed by atoms with Crippen LogP contribution < -0.4 is 5.32 Å². The molecule has 2 heterocycles. The summed E-state index contributed by atoms with van der Waals surface area (Å²) >= 11 is 0. The lowest BCUT2D eigenvalue weighted by Crippen LogP contribution is -2.29. The quantitative estimate of drug-likeness (QED) is 0.533. The van der Waals surface area contributed by atoms with Crippen molar-refractivity contribution in [3.05, 3.63) is 107 Å². The van der Waals surface area contributed by atoms with Crippen LogP contribution in [0, 0.1) is 12.7 Å². The molecule has 1 amide bonds. The summed E-state index contributed by atoms with van der Waals surface area (Å²) in [6.45, 7) is 2.01. The number of rotatable bonds is 5. The van der Waals surface area contributed by atoms with E-state index in [1.807, 2.05) is 43.3 Å². The number of carbonyl (C=O) groups is 1. The summed E-state index contributed by atoms with van der Waals surface area (Å²) in [5, 5.41) is 9.87. The van der Waals surface area contributed by atoms with Crippen LogP contribution in [0.5, 0.6) is 0 Å². The molecule has 6 heteroatoms. The number of amides is 1. The van der Waals surface area contributed by atoms with E-state index in [0.717, 1.165) is 16.7 Å². The summed E-state index contributed by atoms with van der Waals surface area (Å²) in [7, 11) is 0. The smallest absolute Gasteiger partial charge is 0.255 e. The number of aromatic amines is 1. The first-order chi connectivity index (χ1) is 14.1. The van der Waals surface area contributed by atoms with E-state index in [0.29, 0.717) is 16.8 Å². The van der Waals surface area contributed by atoms with Crippen molar-refractivity contribution >= 4 is 5.91 Å². The number of halogens is 1. The summed E-state index contributed by atoms with van der Waals surface area (Å²) in [4.78, 5) is 17.2. The van der Waals surface area contributed by atoms with Gasteiger partial charge in [0.15, 0.2) is 0 Å². The van der Waals surface area contributed by atoms with Crippen LogP contribution in [0.4, 0.5) is 4.39 Å². The molecule has 0 aliphatic carbocycles. The number of H-pyrrole nitrogens is 1. The molecule has 2 N–H and O–H groups in total. The standard InChI is InChI=1S/C23H19FN4O/c1-15-5-7-16(8-6-15)21(17-9-11-25-12-10-17)27-23(29)20-14-26-28-22(20)18-3-2-4-19(24)13-18/h2-14,21H,1H3,(H,26,28)(H,27,29)/t21-/m0/s1. The molecule has 0 saturated carbocycles. The molecule has 4 aromatic rings. The van der Waals surface area contributed by atoms with Gasteiger partial charge in [0.25, 0.3) is 5.91 Å². The second kappa shape index (κ2) is 8.06. The minimum absolute atomic E-state index is 0.305. The molecule has 1 atom stereocenters. The van der Waals surface area contributed by atoms with Gasteiger partial charge in [0.1, 0.15) is 5.82 Å². The highest BCUT2D eigenvalue weighted by atomic mass is 19.1. The first kappa shape index (κ1) is 18.6. The van der Waals surface area contributed by atoms with Gasteiger partial charge in [0, 0.05) is 18.0 Å². The Hall–Kier alpha value is -3.80. The number of nitrogens with zero attached hydrogens (tertiary/aromatic N) is 2. The number of hydrogen-bond acceptors (Lipinski definition) is 3. The van der Waals surface area contributed by atoms with Crippen LogP contribution in [-0.2, 0) is 0 Å². The van der Waals surface area contributed by atoms with Crippen LogP contribution in [-0.4, -0.2) is 21.1 Å². The number of aromatic nitrogens is 3. The topological polar surface area (TPSA) is 70.7 Å². The second-order valence-corrected chi connectivity index (χ2v) is 6.77. The Bertz CT molecular complexity index is 1120. The second-order valence-electron chi connectivity index (χ2n) is 6.77. The third-order valence-electron chi connectivity index (χ3n) is 4.72. The zero-order valence-electron chi connectivity index (χ0n) is 15.8. The number of carbonyl (C=O) groups excluding carboxylic acids is 1. The van der Waals surface area contributed by atoms with Gasteiger partial charge in [-0.15, -0.1) is 0 Å².